The van der Waals surface area contributed by atoms with Crippen molar-refractivity contribution in [1.82, 2.24) is 19.8 Å². The Hall–Kier alpha value is -3.85. The number of fused-ring (bicyclic) bond motifs is 1. The van der Waals surface area contributed by atoms with Crippen LogP contribution in [-0.2, 0) is 22.6 Å². The number of anilines is 1. The highest BCUT2D eigenvalue weighted by Crippen LogP contribution is 2.34. The first-order valence-corrected chi connectivity index (χ1v) is 12.5. The summed E-state index contributed by atoms with van der Waals surface area (Å²) in [5.74, 6) is -0.837. The minimum Gasteiger partial charge on any atom is -0.334 e. The summed E-state index contributed by atoms with van der Waals surface area (Å²) in [6, 6.07) is 13.1. The number of likely N-dealkylation sites (N-methyl/N-ethyl adjacent to an activating group) is 2. The number of aryl methyl sites for hydroxylation is 1. The maximum absolute atomic E-state index is 13.7. The molecule has 8 nitrogen and oxygen atoms in total. The van der Waals surface area contributed by atoms with Crippen LogP contribution in [0, 0.1) is 5.82 Å². The van der Waals surface area contributed by atoms with Gasteiger partial charge in [-0.3, -0.25) is 19.0 Å². The zero-order chi connectivity index (χ0) is 26.5. The standard InChI is InChI=1S/C28H32FN5O3/c1-4-33(24-11-7-9-19-8-5-6-10-22(19)24)25(35)17-34-26(20-12-14-21(29)15-13-20)31-16-23(28(34)37)32-27(36)18(2)30-3/h5-6,8,10,12-16,18,24,30H,4,7,9,11,17H2,1-3H3,(H,32,36)/t18-,24?/m0/s1. The number of hydrogen-bond acceptors (Lipinski definition) is 5. The molecule has 4 rings (SSSR count). The Morgan fingerprint density at radius 1 is 1.19 bits per heavy atom. The van der Waals surface area contributed by atoms with E-state index in [2.05, 4.69) is 27.8 Å². The first-order valence-electron chi connectivity index (χ1n) is 12.5. The molecule has 0 spiro atoms. The van der Waals surface area contributed by atoms with Crippen LogP contribution in [0.4, 0.5) is 10.1 Å². The minimum atomic E-state index is -0.556. The van der Waals surface area contributed by atoms with Crippen molar-refractivity contribution in [2.75, 3.05) is 18.9 Å². The summed E-state index contributed by atoms with van der Waals surface area (Å²) in [6.45, 7) is 3.80. The van der Waals surface area contributed by atoms with Gasteiger partial charge in [0.25, 0.3) is 5.56 Å². The van der Waals surface area contributed by atoms with Gasteiger partial charge in [0.05, 0.1) is 18.3 Å². The average molecular weight is 506 g/mol. The number of halogens is 1. The lowest BCUT2D eigenvalue weighted by Gasteiger charge is -2.35. The number of nitrogens with zero attached hydrogens (tertiary/aromatic N) is 3. The summed E-state index contributed by atoms with van der Waals surface area (Å²) in [6.07, 6.45) is 4.06. The Labute approximate surface area is 215 Å². The molecule has 2 amide bonds. The van der Waals surface area contributed by atoms with Crippen LogP contribution in [-0.4, -0.2) is 45.9 Å². The van der Waals surface area contributed by atoms with E-state index in [0.29, 0.717) is 12.1 Å². The predicted molar refractivity (Wildman–Crippen MR) is 141 cm³/mol. The van der Waals surface area contributed by atoms with Crippen molar-refractivity contribution in [1.29, 1.82) is 0 Å². The van der Waals surface area contributed by atoms with Crippen molar-refractivity contribution in [3.8, 4) is 11.4 Å². The van der Waals surface area contributed by atoms with Crippen LogP contribution in [0.25, 0.3) is 11.4 Å². The van der Waals surface area contributed by atoms with Gasteiger partial charge in [-0.1, -0.05) is 24.3 Å². The Kier molecular flexibility index (Phi) is 8.13. The zero-order valence-corrected chi connectivity index (χ0v) is 21.3. The van der Waals surface area contributed by atoms with Gasteiger partial charge in [0, 0.05) is 12.1 Å². The normalized spacial score (nSPS) is 15.5. The summed E-state index contributed by atoms with van der Waals surface area (Å²) in [7, 11) is 1.64. The molecule has 1 aromatic heterocycles. The lowest BCUT2D eigenvalue weighted by atomic mass is 9.86. The lowest BCUT2D eigenvalue weighted by molar-refractivity contribution is -0.134. The molecule has 2 aromatic carbocycles. The summed E-state index contributed by atoms with van der Waals surface area (Å²) in [5, 5.41) is 5.42. The van der Waals surface area contributed by atoms with Gasteiger partial charge in [-0.15, -0.1) is 0 Å². The molecular formula is C28H32FN5O3. The highest BCUT2D eigenvalue weighted by molar-refractivity contribution is 5.94. The Morgan fingerprint density at radius 2 is 1.92 bits per heavy atom. The SMILES string of the molecule is CCN(C(=O)Cn1c(-c2ccc(F)cc2)ncc(NC(=O)[C@H](C)NC)c1=O)C1CCCc2ccccc21. The van der Waals surface area contributed by atoms with Gasteiger partial charge in [0.1, 0.15) is 23.9 Å². The molecule has 0 saturated heterocycles. The molecular weight excluding hydrogens is 473 g/mol. The van der Waals surface area contributed by atoms with Crippen molar-refractivity contribution < 1.29 is 14.0 Å². The van der Waals surface area contributed by atoms with E-state index in [1.165, 1.54) is 40.6 Å². The lowest BCUT2D eigenvalue weighted by Crippen LogP contribution is -2.41. The largest absolute Gasteiger partial charge is 0.334 e. The molecule has 0 radical (unpaired) electrons. The summed E-state index contributed by atoms with van der Waals surface area (Å²) in [5.41, 5.74) is 2.27. The zero-order valence-electron chi connectivity index (χ0n) is 21.3. The molecule has 37 heavy (non-hydrogen) atoms. The number of carbonyl (C=O) groups is 2. The molecule has 0 aliphatic heterocycles. The fourth-order valence-corrected chi connectivity index (χ4v) is 4.77. The second kappa shape index (κ2) is 11.5. The third kappa shape index (κ3) is 5.61. The van der Waals surface area contributed by atoms with Crippen molar-refractivity contribution in [2.24, 2.45) is 0 Å². The quantitative estimate of drug-likeness (QED) is 0.488. The van der Waals surface area contributed by atoms with E-state index in [0.717, 1.165) is 24.8 Å². The third-order valence-corrected chi connectivity index (χ3v) is 6.90. The maximum atomic E-state index is 13.7. The van der Waals surface area contributed by atoms with Crippen LogP contribution >= 0.6 is 0 Å². The highest BCUT2D eigenvalue weighted by atomic mass is 19.1. The van der Waals surface area contributed by atoms with Gasteiger partial charge < -0.3 is 15.5 Å². The number of rotatable bonds is 8. The molecule has 1 heterocycles. The van der Waals surface area contributed by atoms with Crippen molar-refractivity contribution >= 4 is 17.5 Å². The molecule has 194 valence electrons. The summed E-state index contributed by atoms with van der Waals surface area (Å²) >= 11 is 0. The molecule has 1 unspecified atom stereocenters. The fourth-order valence-electron chi connectivity index (χ4n) is 4.77. The Balaban J connectivity index is 1.72. The van der Waals surface area contributed by atoms with E-state index in [9.17, 15) is 18.8 Å². The number of nitrogens with one attached hydrogen (secondary N) is 2. The maximum Gasteiger partial charge on any atom is 0.278 e. The number of hydrogen-bond donors (Lipinski definition) is 2. The van der Waals surface area contributed by atoms with Crippen molar-refractivity contribution in [2.45, 2.75) is 51.7 Å². The van der Waals surface area contributed by atoms with Gasteiger partial charge >= 0.3 is 0 Å². The average Bonchev–Trinajstić information content (AvgIpc) is 2.91. The van der Waals surface area contributed by atoms with E-state index in [1.807, 2.05) is 19.1 Å². The second-order valence-electron chi connectivity index (χ2n) is 9.18. The topological polar surface area (TPSA) is 96.3 Å². The molecule has 1 aliphatic rings. The van der Waals surface area contributed by atoms with Crippen LogP contribution in [0.3, 0.4) is 0 Å². The Morgan fingerprint density at radius 3 is 2.62 bits per heavy atom. The molecule has 9 heteroatoms. The summed E-state index contributed by atoms with van der Waals surface area (Å²) < 4.78 is 14.8. The molecule has 2 N–H and O–H groups in total. The van der Waals surface area contributed by atoms with Gasteiger partial charge in [-0.2, -0.15) is 0 Å². The van der Waals surface area contributed by atoms with Crippen molar-refractivity contribution in [3.05, 3.63) is 82.0 Å². The van der Waals surface area contributed by atoms with E-state index in [-0.39, 0.29) is 30.0 Å². The number of carbonyl (C=O) groups excluding carboxylic acids is 2. The van der Waals surface area contributed by atoms with Crippen molar-refractivity contribution in [3.63, 3.8) is 0 Å². The highest BCUT2D eigenvalue weighted by Gasteiger charge is 2.29. The number of benzene rings is 2. The molecule has 0 saturated carbocycles. The van der Waals surface area contributed by atoms with Gasteiger partial charge in [0.15, 0.2) is 0 Å². The monoisotopic (exact) mass is 505 g/mol. The molecule has 3 aromatic rings. The van der Waals surface area contributed by atoms with Gasteiger partial charge in [0.2, 0.25) is 11.8 Å². The second-order valence-corrected chi connectivity index (χ2v) is 9.18. The molecule has 2 atom stereocenters. The third-order valence-electron chi connectivity index (χ3n) is 6.90. The Bertz CT molecular complexity index is 1340. The van der Waals surface area contributed by atoms with Gasteiger partial charge in [-0.05, 0) is 75.5 Å². The number of aromatic nitrogens is 2. The minimum absolute atomic E-state index is 0.0307. The van der Waals surface area contributed by atoms with E-state index < -0.39 is 23.3 Å². The van der Waals surface area contributed by atoms with Crippen LogP contribution < -0.4 is 16.2 Å². The first-order chi connectivity index (χ1) is 17.8. The van der Waals surface area contributed by atoms with Crippen LogP contribution in [0.1, 0.15) is 43.9 Å². The molecule has 0 fully saturated rings. The fraction of sp³-hybridized carbons (Fsp3) is 0.357. The van der Waals surface area contributed by atoms with Gasteiger partial charge in [-0.25, -0.2) is 9.37 Å². The number of amides is 2. The van der Waals surface area contributed by atoms with E-state index >= 15 is 0 Å². The van der Waals surface area contributed by atoms with E-state index in [4.69, 9.17) is 0 Å². The summed E-state index contributed by atoms with van der Waals surface area (Å²) in [4.78, 5) is 45.9. The predicted octanol–water partition coefficient (Wildman–Crippen LogP) is 3.52. The van der Waals surface area contributed by atoms with Crippen LogP contribution in [0.15, 0.2) is 59.5 Å². The molecule has 1 aliphatic carbocycles. The first kappa shape index (κ1) is 26.2. The smallest absolute Gasteiger partial charge is 0.278 e. The van der Waals surface area contributed by atoms with Crippen LogP contribution in [0.5, 0.6) is 0 Å². The molecule has 0 bridgehead atoms. The van der Waals surface area contributed by atoms with Crippen LogP contribution in [0.2, 0.25) is 0 Å². The van der Waals surface area contributed by atoms with E-state index in [1.54, 1.807) is 18.9 Å².